The summed E-state index contributed by atoms with van der Waals surface area (Å²) in [4.78, 5) is 14.1. The highest BCUT2D eigenvalue weighted by Gasteiger charge is 2.39. The topological polar surface area (TPSA) is 38.8 Å². The number of ether oxygens (including phenoxy) is 2. The quantitative estimate of drug-likeness (QED) is 0.549. The highest BCUT2D eigenvalue weighted by Crippen LogP contribution is 2.26. The number of nitrogens with zero attached hydrogens (tertiary/aromatic N) is 1. The van der Waals surface area contributed by atoms with Gasteiger partial charge in [-0.25, -0.2) is 4.79 Å². The number of benzene rings is 1. The van der Waals surface area contributed by atoms with Crippen LogP contribution in [0.5, 0.6) is 0 Å². The zero-order valence-corrected chi connectivity index (χ0v) is 15.6. The Bertz CT molecular complexity index is 486. The van der Waals surface area contributed by atoms with E-state index in [1.165, 1.54) is 0 Å². The molecule has 1 aliphatic rings. The molecule has 1 amide bonds. The van der Waals surface area contributed by atoms with Gasteiger partial charge in [-0.1, -0.05) is 52.9 Å². The summed E-state index contributed by atoms with van der Waals surface area (Å²) < 4.78 is 12.4. The molecule has 1 aromatic carbocycles. The van der Waals surface area contributed by atoms with Gasteiger partial charge in [0.05, 0.1) is 18.8 Å². The first-order chi connectivity index (χ1) is 10.4. The lowest BCUT2D eigenvalue weighted by Gasteiger charge is -2.29. The van der Waals surface area contributed by atoms with Crippen molar-refractivity contribution in [2.45, 2.75) is 51.5 Å². The molecule has 2 unspecified atom stereocenters. The maximum atomic E-state index is 12.3. The summed E-state index contributed by atoms with van der Waals surface area (Å²) in [7, 11) is 0. The summed E-state index contributed by atoms with van der Waals surface area (Å²) in [6.45, 7) is 6.96. The highest BCUT2D eigenvalue weighted by molar-refractivity contribution is 14.1. The van der Waals surface area contributed by atoms with E-state index in [0.717, 1.165) is 16.4 Å². The molecule has 1 saturated heterocycles. The SMILES string of the molecule is CC(C)(C)OC(=O)N1CCC(OCc2ccccc2)C1CI. The standard InChI is InChI=1S/C17H24INO3/c1-17(2,3)22-16(20)19-10-9-15(14(19)11-18)21-12-13-7-5-4-6-8-13/h4-8,14-15H,9-12H2,1-3H3. The summed E-state index contributed by atoms with van der Waals surface area (Å²) in [5.41, 5.74) is 0.695. The molecule has 2 atom stereocenters. The number of alkyl halides is 1. The normalized spacial score (nSPS) is 21.9. The summed E-state index contributed by atoms with van der Waals surface area (Å²) in [6, 6.07) is 10.2. The molecule has 0 bridgehead atoms. The molecule has 1 aromatic rings. The van der Waals surface area contributed by atoms with Gasteiger partial charge < -0.3 is 14.4 Å². The Morgan fingerprint density at radius 3 is 2.59 bits per heavy atom. The Morgan fingerprint density at radius 1 is 1.32 bits per heavy atom. The van der Waals surface area contributed by atoms with Crippen LogP contribution in [0.15, 0.2) is 30.3 Å². The third-order valence-electron chi connectivity index (χ3n) is 3.58. The number of hydrogen-bond acceptors (Lipinski definition) is 3. The number of rotatable bonds is 4. The van der Waals surface area contributed by atoms with Crippen LogP contribution in [-0.2, 0) is 16.1 Å². The number of hydrogen-bond donors (Lipinski definition) is 0. The lowest BCUT2D eigenvalue weighted by Crippen LogP contribution is -2.44. The molecular formula is C17H24INO3. The van der Waals surface area contributed by atoms with Gasteiger partial charge in [0.15, 0.2) is 0 Å². The summed E-state index contributed by atoms with van der Waals surface area (Å²) in [5.74, 6) is 0. The lowest BCUT2D eigenvalue weighted by molar-refractivity contribution is 0.00145. The number of carbonyl (C=O) groups is 1. The predicted molar refractivity (Wildman–Crippen MR) is 95.3 cm³/mol. The van der Waals surface area contributed by atoms with Crippen LogP contribution in [0.2, 0.25) is 0 Å². The molecule has 1 aliphatic heterocycles. The zero-order chi connectivity index (χ0) is 16.2. The van der Waals surface area contributed by atoms with Crippen LogP contribution in [0.4, 0.5) is 4.79 Å². The van der Waals surface area contributed by atoms with E-state index in [0.29, 0.717) is 13.2 Å². The van der Waals surface area contributed by atoms with E-state index in [-0.39, 0.29) is 18.2 Å². The maximum absolute atomic E-state index is 12.3. The Kier molecular flexibility index (Phi) is 6.09. The molecule has 4 nitrogen and oxygen atoms in total. The molecule has 22 heavy (non-hydrogen) atoms. The monoisotopic (exact) mass is 417 g/mol. The van der Waals surface area contributed by atoms with Gasteiger partial charge in [0.2, 0.25) is 0 Å². The van der Waals surface area contributed by atoms with Gasteiger partial charge in [-0.15, -0.1) is 0 Å². The van der Waals surface area contributed by atoms with Gasteiger partial charge in [-0.2, -0.15) is 0 Å². The van der Waals surface area contributed by atoms with Crippen molar-refractivity contribution in [3.63, 3.8) is 0 Å². The largest absolute Gasteiger partial charge is 0.444 e. The van der Waals surface area contributed by atoms with Crippen LogP contribution >= 0.6 is 22.6 Å². The number of halogens is 1. The van der Waals surface area contributed by atoms with Crippen LogP contribution in [0.3, 0.4) is 0 Å². The smallest absolute Gasteiger partial charge is 0.410 e. The molecule has 0 radical (unpaired) electrons. The van der Waals surface area contributed by atoms with E-state index in [9.17, 15) is 4.79 Å². The second-order valence-electron chi connectivity index (χ2n) is 6.52. The van der Waals surface area contributed by atoms with Crippen LogP contribution in [0, 0.1) is 0 Å². The van der Waals surface area contributed by atoms with Crippen molar-refractivity contribution in [3.8, 4) is 0 Å². The number of likely N-dealkylation sites (tertiary alicyclic amines) is 1. The first-order valence-electron chi connectivity index (χ1n) is 7.62. The molecule has 0 N–H and O–H groups in total. The predicted octanol–water partition coefficient (Wildman–Crippen LogP) is 4.02. The average Bonchev–Trinajstić information content (AvgIpc) is 2.87. The lowest BCUT2D eigenvalue weighted by atomic mass is 10.2. The van der Waals surface area contributed by atoms with Crippen molar-refractivity contribution < 1.29 is 14.3 Å². The van der Waals surface area contributed by atoms with E-state index >= 15 is 0 Å². The van der Waals surface area contributed by atoms with Gasteiger partial charge in [-0.3, -0.25) is 0 Å². The molecule has 0 saturated carbocycles. The molecular weight excluding hydrogens is 393 g/mol. The van der Waals surface area contributed by atoms with Crippen molar-refractivity contribution in [2.75, 3.05) is 11.0 Å². The maximum Gasteiger partial charge on any atom is 0.410 e. The van der Waals surface area contributed by atoms with Crippen molar-refractivity contribution in [3.05, 3.63) is 35.9 Å². The zero-order valence-electron chi connectivity index (χ0n) is 13.4. The number of amides is 1. The minimum atomic E-state index is -0.462. The molecule has 0 aromatic heterocycles. The first-order valence-corrected chi connectivity index (χ1v) is 9.14. The molecule has 0 spiro atoms. The van der Waals surface area contributed by atoms with Crippen molar-refractivity contribution >= 4 is 28.7 Å². The fourth-order valence-corrected chi connectivity index (χ4v) is 3.57. The molecule has 2 rings (SSSR count). The summed E-state index contributed by atoms with van der Waals surface area (Å²) in [6.07, 6.45) is 0.698. The minimum absolute atomic E-state index is 0.0737. The van der Waals surface area contributed by atoms with Crippen LogP contribution in [-0.4, -0.2) is 39.7 Å². The Hall–Kier alpha value is -0.820. The van der Waals surface area contributed by atoms with Crippen molar-refractivity contribution in [1.82, 2.24) is 4.90 Å². The van der Waals surface area contributed by atoms with Crippen molar-refractivity contribution in [2.24, 2.45) is 0 Å². The number of carbonyl (C=O) groups excluding carboxylic acids is 1. The first kappa shape index (κ1) is 17.5. The van der Waals surface area contributed by atoms with E-state index in [1.807, 2.05) is 43.9 Å². The second-order valence-corrected chi connectivity index (χ2v) is 7.40. The van der Waals surface area contributed by atoms with E-state index in [2.05, 4.69) is 34.7 Å². The molecule has 1 fully saturated rings. The molecule has 1 heterocycles. The van der Waals surface area contributed by atoms with E-state index in [4.69, 9.17) is 9.47 Å². The van der Waals surface area contributed by atoms with E-state index in [1.54, 1.807) is 0 Å². The van der Waals surface area contributed by atoms with Gasteiger partial charge in [0, 0.05) is 11.0 Å². The summed E-state index contributed by atoms with van der Waals surface area (Å²) >= 11 is 2.32. The van der Waals surface area contributed by atoms with Crippen LogP contribution in [0.25, 0.3) is 0 Å². The Labute approximate surface area is 146 Å². The fourth-order valence-electron chi connectivity index (χ4n) is 2.53. The summed E-state index contributed by atoms with van der Waals surface area (Å²) in [5, 5.41) is 0. The minimum Gasteiger partial charge on any atom is -0.444 e. The third kappa shape index (κ3) is 4.84. The molecule has 0 aliphatic carbocycles. The van der Waals surface area contributed by atoms with Crippen molar-refractivity contribution in [1.29, 1.82) is 0 Å². The Balaban J connectivity index is 1.93. The Morgan fingerprint density at radius 2 is 2.00 bits per heavy atom. The van der Waals surface area contributed by atoms with Crippen LogP contribution < -0.4 is 0 Å². The second kappa shape index (κ2) is 7.64. The molecule has 5 heteroatoms. The van der Waals surface area contributed by atoms with E-state index < -0.39 is 5.60 Å². The van der Waals surface area contributed by atoms with Gasteiger partial charge in [-0.05, 0) is 32.8 Å². The molecule has 122 valence electrons. The van der Waals surface area contributed by atoms with Gasteiger partial charge in [0.1, 0.15) is 5.60 Å². The third-order valence-corrected chi connectivity index (χ3v) is 4.48. The van der Waals surface area contributed by atoms with Gasteiger partial charge in [0.25, 0.3) is 0 Å². The fraction of sp³-hybridized carbons (Fsp3) is 0.588. The van der Waals surface area contributed by atoms with Crippen LogP contribution in [0.1, 0.15) is 32.8 Å². The van der Waals surface area contributed by atoms with Gasteiger partial charge >= 0.3 is 6.09 Å². The average molecular weight is 417 g/mol. The highest BCUT2D eigenvalue weighted by atomic mass is 127.